The molecule has 5 N–H and O–H groups in total. The van der Waals surface area contributed by atoms with E-state index < -0.39 is 5.97 Å². The van der Waals surface area contributed by atoms with E-state index in [1.165, 1.54) is 0 Å². The maximum absolute atomic E-state index is 11.3. The molecule has 0 heterocycles. The first kappa shape index (κ1) is 17.3. The third-order valence-electron chi connectivity index (χ3n) is 1.97. The average Bonchev–Trinajstić information content (AvgIpc) is 2.36. The van der Waals surface area contributed by atoms with Gasteiger partial charge in [0.25, 0.3) is 5.97 Å². The van der Waals surface area contributed by atoms with Crippen molar-refractivity contribution in [2.75, 3.05) is 5.32 Å². The molecule has 0 saturated heterocycles. The van der Waals surface area contributed by atoms with Crippen LogP contribution in [0.5, 0.6) is 0 Å². The Morgan fingerprint density at radius 2 is 1.85 bits per heavy atom. The molecule has 7 nitrogen and oxygen atoms in total. The Hall–Kier alpha value is -2.70. The summed E-state index contributed by atoms with van der Waals surface area (Å²) in [5, 5.41) is 17.2. The quantitative estimate of drug-likeness (QED) is 0.362. The van der Waals surface area contributed by atoms with E-state index in [1.807, 2.05) is 0 Å². The molecule has 20 heavy (non-hydrogen) atoms. The number of nitrogens with one attached hydrogen (secondary N) is 2. The number of aldehydes is 1. The second-order valence-electron chi connectivity index (χ2n) is 3.76. The van der Waals surface area contributed by atoms with Crippen LogP contribution in [0.15, 0.2) is 24.3 Å². The van der Waals surface area contributed by atoms with Gasteiger partial charge in [0.15, 0.2) is 0 Å². The van der Waals surface area contributed by atoms with E-state index >= 15 is 0 Å². The molecule has 1 amide bonds. The fourth-order valence-corrected chi connectivity index (χ4v) is 1.15. The molecule has 1 aromatic carbocycles. The second-order valence-corrected chi connectivity index (χ2v) is 3.76. The molecule has 0 atom stereocenters. The van der Waals surface area contributed by atoms with Gasteiger partial charge in [-0.2, -0.15) is 0 Å². The molecule has 0 aliphatic rings. The summed E-state index contributed by atoms with van der Waals surface area (Å²) in [5.74, 6) is -1.05. The van der Waals surface area contributed by atoms with Gasteiger partial charge in [-0.15, -0.1) is 0 Å². The molecule has 0 aliphatic carbocycles. The third-order valence-corrected chi connectivity index (χ3v) is 1.97. The van der Waals surface area contributed by atoms with Crippen molar-refractivity contribution in [1.82, 2.24) is 0 Å². The highest BCUT2D eigenvalue weighted by Gasteiger charge is 2.02. The van der Waals surface area contributed by atoms with Gasteiger partial charge in [0.1, 0.15) is 12.1 Å². The van der Waals surface area contributed by atoms with Gasteiger partial charge in [0.05, 0.1) is 0 Å². The molecular weight excluding hydrogens is 262 g/mol. The lowest BCUT2D eigenvalue weighted by Crippen LogP contribution is -2.13. The summed E-state index contributed by atoms with van der Waals surface area (Å²) in [4.78, 5) is 30.3. The summed E-state index contributed by atoms with van der Waals surface area (Å²) in [6.07, 6.45) is 1.10. The van der Waals surface area contributed by atoms with E-state index in [9.17, 15) is 9.59 Å². The van der Waals surface area contributed by atoms with Crippen LogP contribution in [0.1, 0.15) is 25.3 Å². The number of rotatable bonds is 5. The lowest BCUT2D eigenvalue weighted by Gasteiger charge is -2.04. The molecule has 0 spiro atoms. The maximum atomic E-state index is 11.3. The fourth-order valence-electron chi connectivity index (χ4n) is 1.15. The number of hydrogen-bond acceptors (Lipinski definition) is 4. The predicted molar refractivity (Wildman–Crippen MR) is 74.7 cm³/mol. The molecule has 0 bridgehead atoms. The van der Waals surface area contributed by atoms with Crippen LogP contribution < -0.4 is 11.1 Å². The minimum Gasteiger partial charge on any atom is -0.481 e. The summed E-state index contributed by atoms with van der Waals surface area (Å²) in [6, 6.07) is 6.63. The zero-order chi connectivity index (χ0) is 15.5. The van der Waals surface area contributed by atoms with Crippen molar-refractivity contribution >= 4 is 29.7 Å². The van der Waals surface area contributed by atoms with Crippen LogP contribution >= 0.6 is 0 Å². The minimum absolute atomic E-state index is 0.0150. The highest BCUT2D eigenvalue weighted by Crippen LogP contribution is 2.09. The summed E-state index contributed by atoms with van der Waals surface area (Å²) in [7, 11) is 0. The topological polar surface area (TPSA) is 133 Å². The number of hydrogen-bond donors (Lipinski definition) is 4. The number of benzene rings is 1. The summed E-state index contributed by atoms with van der Waals surface area (Å²) >= 11 is 0. The van der Waals surface area contributed by atoms with Gasteiger partial charge in [0.2, 0.25) is 5.91 Å². The minimum atomic E-state index is -0.833. The van der Waals surface area contributed by atoms with Crippen molar-refractivity contribution in [2.24, 2.45) is 5.73 Å². The number of carboxylic acids is 1. The maximum Gasteiger partial charge on any atom is 0.300 e. The van der Waals surface area contributed by atoms with Crippen molar-refractivity contribution in [3.05, 3.63) is 29.8 Å². The number of amidine groups is 1. The Morgan fingerprint density at radius 3 is 2.25 bits per heavy atom. The van der Waals surface area contributed by atoms with Crippen molar-refractivity contribution in [3.63, 3.8) is 0 Å². The second kappa shape index (κ2) is 9.26. The van der Waals surface area contributed by atoms with E-state index in [0.29, 0.717) is 17.5 Å². The standard InChI is InChI=1S/C11H13N3O2.C2H4O2/c12-11(13)8-3-5-9(6-4-8)14-10(16)2-1-7-15;1-2(3)4/h3-7H,1-2H2,(H3,12,13)(H,14,16);1H3,(H,3,4). The first-order valence-electron chi connectivity index (χ1n) is 5.74. The number of carbonyl (C=O) groups is 3. The number of nitrogens with two attached hydrogens (primary N) is 1. The Balaban J connectivity index is 0.000000796. The van der Waals surface area contributed by atoms with Gasteiger partial charge < -0.3 is 21.0 Å². The Bertz CT molecular complexity index is 479. The van der Waals surface area contributed by atoms with E-state index in [4.69, 9.17) is 21.0 Å². The van der Waals surface area contributed by atoms with E-state index in [1.54, 1.807) is 24.3 Å². The zero-order valence-corrected chi connectivity index (χ0v) is 11.1. The molecule has 0 aliphatic heterocycles. The van der Waals surface area contributed by atoms with Crippen molar-refractivity contribution < 1.29 is 19.5 Å². The van der Waals surface area contributed by atoms with Crippen molar-refractivity contribution in [1.29, 1.82) is 5.41 Å². The number of anilines is 1. The third kappa shape index (κ3) is 8.40. The van der Waals surface area contributed by atoms with Gasteiger partial charge in [-0.1, -0.05) is 0 Å². The van der Waals surface area contributed by atoms with Gasteiger partial charge in [-0.25, -0.2) is 0 Å². The molecule has 1 rings (SSSR count). The Kier molecular flexibility index (Phi) is 8.01. The number of amides is 1. The lowest BCUT2D eigenvalue weighted by atomic mass is 10.2. The Morgan fingerprint density at radius 1 is 1.35 bits per heavy atom. The van der Waals surface area contributed by atoms with Gasteiger partial charge >= 0.3 is 0 Å². The first-order valence-corrected chi connectivity index (χ1v) is 5.74. The highest BCUT2D eigenvalue weighted by atomic mass is 16.4. The first-order chi connectivity index (χ1) is 9.36. The molecule has 1 aromatic rings. The normalized spacial score (nSPS) is 8.85. The number of aliphatic carboxylic acids is 1. The zero-order valence-electron chi connectivity index (χ0n) is 11.1. The lowest BCUT2D eigenvalue weighted by molar-refractivity contribution is -0.134. The van der Waals surface area contributed by atoms with E-state index in [0.717, 1.165) is 6.92 Å². The largest absolute Gasteiger partial charge is 0.481 e. The van der Waals surface area contributed by atoms with Crippen molar-refractivity contribution in [2.45, 2.75) is 19.8 Å². The van der Waals surface area contributed by atoms with E-state index in [2.05, 4.69) is 5.32 Å². The molecule has 0 aromatic heterocycles. The number of carbonyl (C=O) groups excluding carboxylic acids is 2. The fraction of sp³-hybridized carbons (Fsp3) is 0.231. The molecule has 7 heteroatoms. The molecule has 0 radical (unpaired) electrons. The summed E-state index contributed by atoms with van der Waals surface area (Å²) in [6.45, 7) is 1.08. The van der Waals surface area contributed by atoms with Crippen molar-refractivity contribution in [3.8, 4) is 0 Å². The Labute approximate surface area is 116 Å². The van der Waals surface area contributed by atoms with Crippen LogP contribution in [0.25, 0.3) is 0 Å². The summed E-state index contributed by atoms with van der Waals surface area (Å²) < 4.78 is 0. The molecular formula is C13H17N3O4. The van der Waals surface area contributed by atoms with Crippen LogP contribution in [0, 0.1) is 5.41 Å². The molecule has 0 fully saturated rings. The van der Waals surface area contributed by atoms with Gasteiger partial charge in [0, 0.05) is 31.0 Å². The highest BCUT2D eigenvalue weighted by molar-refractivity contribution is 5.96. The number of carboxylic acid groups (broad SMARTS) is 1. The monoisotopic (exact) mass is 279 g/mol. The van der Waals surface area contributed by atoms with Crippen LogP contribution in [-0.4, -0.2) is 29.1 Å². The molecule has 108 valence electrons. The summed E-state index contributed by atoms with van der Waals surface area (Å²) in [5.41, 5.74) is 6.52. The smallest absolute Gasteiger partial charge is 0.300 e. The average molecular weight is 279 g/mol. The predicted octanol–water partition coefficient (Wildman–Crippen LogP) is 0.979. The van der Waals surface area contributed by atoms with Crippen LogP contribution in [0.4, 0.5) is 5.69 Å². The van der Waals surface area contributed by atoms with Crippen LogP contribution in [0.3, 0.4) is 0 Å². The van der Waals surface area contributed by atoms with Crippen LogP contribution in [0.2, 0.25) is 0 Å². The molecule has 0 unspecified atom stereocenters. The van der Waals surface area contributed by atoms with E-state index in [-0.39, 0.29) is 24.6 Å². The van der Waals surface area contributed by atoms with Gasteiger partial charge in [-0.3, -0.25) is 15.0 Å². The number of nitrogen functional groups attached to an aromatic ring is 1. The molecule has 0 saturated carbocycles. The van der Waals surface area contributed by atoms with Crippen LogP contribution in [-0.2, 0) is 14.4 Å². The SMILES string of the molecule is CC(=O)O.N=C(N)c1ccc(NC(=O)CCC=O)cc1. The van der Waals surface area contributed by atoms with Gasteiger partial charge in [-0.05, 0) is 24.3 Å².